The maximum Gasteiger partial charge on any atom is 0.279 e. The van der Waals surface area contributed by atoms with Crippen LogP contribution >= 0.6 is 11.3 Å². The van der Waals surface area contributed by atoms with E-state index in [0.29, 0.717) is 5.56 Å². The lowest BCUT2D eigenvalue weighted by Gasteiger charge is -2.18. The van der Waals surface area contributed by atoms with E-state index >= 15 is 0 Å². The molecule has 0 atom stereocenters. The Bertz CT molecular complexity index is 1040. The molecule has 29 heavy (non-hydrogen) atoms. The molecule has 1 aromatic heterocycles. The van der Waals surface area contributed by atoms with E-state index in [9.17, 15) is 4.79 Å². The largest absolute Gasteiger partial charge is 0.316 e. The fourth-order valence-corrected chi connectivity index (χ4v) is 4.72. The fourth-order valence-electron chi connectivity index (χ4n) is 3.41. The second-order valence-electron chi connectivity index (χ2n) is 8.26. The summed E-state index contributed by atoms with van der Waals surface area (Å²) in [5.74, 6) is -0.184. The van der Waals surface area contributed by atoms with Gasteiger partial charge in [0.05, 0.1) is 5.69 Å². The average molecular weight is 407 g/mol. The van der Waals surface area contributed by atoms with Crippen molar-refractivity contribution in [2.24, 2.45) is 4.99 Å². The van der Waals surface area contributed by atoms with Crippen LogP contribution in [0.25, 0.3) is 11.3 Å². The minimum absolute atomic E-state index is 0.0668. The summed E-state index contributed by atoms with van der Waals surface area (Å²) in [7, 11) is 0. The van der Waals surface area contributed by atoms with E-state index in [1.54, 1.807) is 11.3 Å². The second kappa shape index (κ2) is 8.91. The molecule has 0 aliphatic heterocycles. The van der Waals surface area contributed by atoms with E-state index in [1.165, 1.54) is 21.7 Å². The standard InChI is InChI=1S/C25H30N2OS/c1-6-11-21-22(18-12-9-8-10-13-18)27(7-2)24(29-21)26-23(28)19-14-16-20(17-15-19)25(3,4)5/h8-10,12-17H,6-7,11H2,1-5H3. The van der Waals surface area contributed by atoms with Gasteiger partial charge in [-0.2, -0.15) is 4.99 Å². The normalized spacial score (nSPS) is 12.4. The van der Waals surface area contributed by atoms with Crippen LogP contribution in [-0.2, 0) is 18.4 Å². The van der Waals surface area contributed by atoms with Gasteiger partial charge in [0.1, 0.15) is 0 Å². The van der Waals surface area contributed by atoms with E-state index in [4.69, 9.17) is 0 Å². The Balaban J connectivity index is 2.06. The predicted molar refractivity (Wildman–Crippen MR) is 122 cm³/mol. The van der Waals surface area contributed by atoms with Crippen molar-refractivity contribution in [2.45, 2.75) is 59.4 Å². The van der Waals surface area contributed by atoms with E-state index < -0.39 is 0 Å². The van der Waals surface area contributed by atoms with Gasteiger partial charge in [-0.3, -0.25) is 4.79 Å². The Morgan fingerprint density at radius 3 is 2.21 bits per heavy atom. The Hall–Kier alpha value is -2.46. The molecular weight excluding hydrogens is 376 g/mol. The fraction of sp³-hybridized carbons (Fsp3) is 0.360. The molecular formula is C25H30N2OS. The molecule has 0 unspecified atom stereocenters. The van der Waals surface area contributed by atoms with Crippen molar-refractivity contribution in [2.75, 3.05) is 0 Å². The summed E-state index contributed by atoms with van der Waals surface area (Å²) in [6, 6.07) is 18.2. The van der Waals surface area contributed by atoms with Gasteiger partial charge in [-0.15, -0.1) is 11.3 Å². The number of aryl methyl sites for hydroxylation is 1. The molecule has 0 N–H and O–H groups in total. The third-order valence-electron chi connectivity index (χ3n) is 5.02. The first kappa shape index (κ1) is 21.3. The van der Waals surface area contributed by atoms with Gasteiger partial charge < -0.3 is 4.57 Å². The van der Waals surface area contributed by atoms with Gasteiger partial charge in [0.2, 0.25) is 0 Å². The maximum atomic E-state index is 12.9. The third-order valence-corrected chi connectivity index (χ3v) is 6.15. The summed E-state index contributed by atoms with van der Waals surface area (Å²) in [5, 5.41) is 0. The summed E-state index contributed by atoms with van der Waals surface area (Å²) >= 11 is 1.64. The Morgan fingerprint density at radius 2 is 1.66 bits per heavy atom. The Labute approximate surface area is 177 Å². The van der Waals surface area contributed by atoms with Gasteiger partial charge in [0.15, 0.2) is 4.80 Å². The molecule has 3 nitrogen and oxygen atoms in total. The van der Waals surface area contributed by atoms with Crippen molar-refractivity contribution in [3.05, 3.63) is 75.4 Å². The molecule has 3 rings (SSSR count). The van der Waals surface area contributed by atoms with Crippen molar-refractivity contribution in [3.63, 3.8) is 0 Å². The summed E-state index contributed by atoms with van der Waals surface area (Å²) in [4.78, 5) is 19.5. The summed E-state index contributed by atoms with van der Waals surface area (Å²) in [6.45, 7) is 11.6. The lowest BCUT2D eigenvalue weighted by Crippen LogP contribution is -2.17. The van der Waals surface area contributed by atoms with Gasteiger partial charge in [0, 0.05) is 17.0 Å². The molecule has 0 aliphatic rings. The van der Waals surface area contributed by atoms with Crippen molar-refractivity contribution in [1.82, 2.24) is 4.57 Å². The number of carbonyl (C=O) groups excluding carboxylic acids is 1. The highest BCUT2D eigenvalue weighted by Gasteiger charge is 2.16. The lowest BCUT2D eigenvalue weighted by molar-refractivity contribution is 0.0997. The highest BCUT2D eigenvalue weighted by molar-refractivity contribution is 7.09. The number of nitrogens with zero attached hydrogens (tertiary/aromatic N) is 2. The predicted octanol–water partition coefficient (Wildman–Crippen LogP) is 6.23. The molecule has 0 bridgehead atoms. The van der Waals surface area contributed by atoms with Crippen LogP contribution in [0, 0.1) is 0 Å². The SMILES string of the molecule is CCCc1sc(=NC(=O)c2ccc(C(C)(C)C)cc2)n(CC)c1-c1ccccc1. The summed E-state index contributed by atoms with van der Waals surface area (Å²) in [5.41, 5.74) is 4.28. The molecule has 1 amide bonds. The molecule has 0 spiro atoms. The molecule has 2 aromatic carbocycles. The highest BCUT2D eigenvalue weighted by Crippen LogP contribution is 2.27. The molecule has 1 heterocycles. The number of carbonyl (C=O) groups is 1. The van der Waals surface area contributed by atoms with E-state index in [-0.39, 0.29) is 11.3 Å². The number of benzene rings is 2. The monoisotopic (exact) mass is 406 g/mol. The van der Waals surface area contributed by atoms with Crippen molar-refractivity contribution in [3.8, 4) is 11.3 Å². The van der Waals surface area contributed by atoms with E-state index in [0.717, 1.165) is 24.2 Å². The van der Waals surface area contributed by atoms with Crippen molar-refractivity contribution in [1.29, 1.82) is 0 Å². The van der Waals surface area contributed by atoms with Gasteiger partial charge in [0.25, 0.3) is 5.91 Å². The van der Waals surface area contributed by atoms with Crippen LogP contribution in [0.4, 0.5) is 0 Å². The minimum Gasteiger partial charge on any atom is -0.316 e. The first-order valence-electron chi connectivity index (χ1n) is 10.3. The number of thiazole rings is 1. The van der Waals surface area contributed by atoms with Gasteiger partial charge in [-0.1, -0.05) is 76.6 Å². The number of hydrogen-bond donors (Lipinski definition) is 0. The molecule has 4 heteroatoms. The number of rotatable bonds is 5. The van der Waals surface area contributed by atoms with Crippen LogP contribution in [0.3, 0.4) is 0 Å². The number of hydrogen-bond acceptors (Lipinski definition) is 2. The number of amides is 1. The third kappa shape index (κ3) is 4.76. The van der Waals surface area contributed by atoms with Crippen LogP contribution < -0.4 is 4.80 Å². The average Bonchev–Trinajstić information content (AvgIpc) is 3.05. The van der Waals surface area contributed by atoms with E-state index in [1.807, 2.05) is 30.3 Å². The first-order chi connectivity index (χ1) is 13.8. The molecule has 3 aromatic rings. The lowest BCUT2D eigenvalue weighted by atomic mass is 9.87. The molecule has 0 aliphatic carbocycles. The number of aromatic nitrogens is 1. The smallest absolute Gasteiger partial charge is 0.279 e. The first-order valence-corrected chi connectivity index (χ1v) is 11.1. The summed E-state index contributed by atoms with van der Waals surface area (Å²) in [6.07, 6.45) is 2.05. The van der Waals surface area contributed by atoms with Crippen LogP contribution in [0.15, 0.2) is 59.6 Å². The van der Waals surface area contributed by atoms with Crippen LogP contribution in [-0.4, -0.2) is 10.5 Å². The van der Waals surface area contributed by atoms with Crippen LogP contribution in [0.5, 0.6) is 0 Å². The van der Waals surface area contributed by atoms with Crippen LogP contribution in [0.1, 0.15) is 61.8 Å². The van der Waals surface area contributed by atoms with Gasteiger partial charge in [-0.05, 0) is 42.0 Å². The Morgan fingerprint density at radius 1 is 1.00 bits per heavy atom. The molecule has 0 fully saturated rings. The van der Waals surface area contributed by atoms with E-state index in [2.05, 4.69) is 68.4 Å². The molecule has 0 saturated heterocycles. The zero-order valence-corrected chi connectivity index (χ0v) is 18.8. The zero-order chi connectivity index (χ0) is 21.0. The molecule has 0 radical (unpaired) electrons. The maximum absolute atomic E-state index is 12.9. The van der Waals surface area contributed by atoms with Crippen molar-refractivity contribution < 1.29 is 4.79 Å². The topological polar surface area (TPSA) is 34.4 Å². The van der Waals surface area contributed by atoms with Gasteiger partial charge in [-0.25, -0.2) is 0 Å². The minimum atomic E-state index is -0.184. The van der Waals surface area contributed by atoms with Gasteiger partial charge >= 0.3 is 0 Å². The summed E-state index contributed by atoms with van der Waals surface area (Å²) < 4.78 is 2.17. The highest BCUT2D eigenvalue weighted by atomic mass is 32.1. The quantitative estimate of drug-likeness (QED) is 0.495. The molecule has 152 valence electrons. The van der Waals surface area contributed by atoms with Crippen molar-refractivity contribution >= 4 is 17.2 Å². The van der Waals surface area contributed by atoms with Crippen LogP contribution in [0.2, 0.25) is 0 Å². The molecule has 0 saturated carbocycles. The Kier molecular flexibility index (Phi) is 6.53. The second-order valence-corrected chi connectivity index (χ2v) is 9.32. The zero-order valence-electron chi connectivity index (χ0n) is 18.0.